The summed E-state index contributed by atoms with van der Waals surface area (Å²) in [6.07, 6.45) is 1.93. The molecule has 0 aromatic heterocycles. The lowest BCUT2D eigenvalue weighted by molar-refractivity contribution is -0.217. The summed E-state index contributed by atoms with van der Waals surface area (Å²) in [7, 11) is 0. The monoisotopic (exact) mass is 324 g/mol. The molecule has 3 aliphatic carbocycles. The Bertz CT molecular complexity index is 534. The van der Waals surface area contributed by atoms with Crippen LogP contribution in [-0.4, -0.2) is 57.6 Å². The van der Waals surface area contributed by atoms with Gasteiger partial charge in [0.05, 0.1) is 37.1 Å². The van der Waals surface area contributed by atoms with Gasteiger partial charge in [-0.2, -0.15) is 0 Å². The molecule has 4 rings (SSSR count). The maximum Gasteiger partial charge on any atom is 0.0877 e. The summed E-state index contributed by atoms with van der Waals surface area (Å²) in [5.41, 5.74) is 0.448. The molecule has 1 saturated heterocycles. The van der Waals surface area contributed by atoms with Crippen LogP contribution in [0.1, 0.15) is 39.5 Å². The third-order valence-electron chi connectivity index (χ3n) is 7.36. The van der Waals surface area contributed by atoms with Gasteiger partial charge in [0.1, 0.15) is 0 Å². The van der Waals surface area contributed by atoms with E-state index in [9.17, 15) is 20.4 Å². The van der Waals surface area contributed by atoms with Crippen molar-refractivity contribution in [2.45, 2.75) is 70.1 Å². The standard InChI is InChI=1S/C18H28O5/c1-17-4-3-10(19)5-9(17)6-12(20)14-11-7-13(21)15(22)18(11,2)8-23-16(14)17/h5,10-16,19-22H,3-4,6-8H2,1-2H3/t10-,11?,12+,13+,14?,15-,16?,17-,18-/m0/s1. The van der Waals surface area contributed by atoms with Gasteiger partial charge >= 0.3 is 0 Å². The molecule has 0 amide bonds. The molecule has 3 unspecified atom stereocenters. The van der Waals surface area contributed by atoms with Crippen LogP contribution in [-0.2, 0) is 4.74 Å². The number of aliphatic hydroxyl groups is 4. The molecule has 23 heavy (non-hydrogen) atoms. The Morgan fingerprint density at radius 2 is 1.87 bits per heavy atom. The van der Waals surface area contributed by atoms with Crippen LogP contribution in [0.2, 0.25) is 0 Å². The molecule has 0 aromatic carbocycles. The second kappa shape index (κ2) is 5.02. The van der Waals surface area contributed by atoms with Crippen LogP contribution in [0.5, 0.6) is 0 Å². The fourth-order valence-corrected chi connectivity index (χ4v) is 5.88. The van der Waals surface area contributed by atoms with E-state index < -0.39 is 29.8 Å². The third-order valence-corrected chi connectivity index (χ3v) is 7.36. The van der Waals surface area contributed by atoms with Gasteiger partial charge in [-0.05, 0) is 31.6 Å². The molecule has 4 aliphatic rings. The zero-order valence-corrected chi connectivity index (χ0v) is 13.9. The number of ether oxygens (including phenoxy) is 1. The van der Waals surface area contributed by atoms with Crippen LogP contribution in [0.3, 0.4) is 0 Å². The van der Waals surface area contributed by atoms with Crippen molar-refractivity contribution < 1.29 is 25.2 Å². The van der Waals surface area contributed by atoms with Gasteiger partial charge in [0.15, 0.2) is 0 Å². The van der Waals surface area contributed by atoms with Gasteiger partial charge in [-0.3, -0.25) is 0 Å². The SMILES string of the molecule is C[C@]12CC[C@H](O)C=C1C[C@@H](O)C1C2OC[C@@]2(C)C1C[C@@H](O)[C@@H]2O. The molecule has 1 aliphatic heterocycles. The maximum atomic E-state index is 10.8. The molecule has 2 saturated carbocycles. The Morgan fingerprint density at radius 1 is 1.13 bits per heavy atom. The van der Waals surface area contributed by atoms with Crippen LogP contribution in [0, 0.1) is 22.7 Å². The molecule has 4 N–H and O–H groups in total. The molecule has 5 heteroatoms. The average Bonchev–Trinajstić information content (AvgIpc) is 2.73. The number of hydrogen-bond acceptors (Lipinski definition) is 5. The van der Waals surface area contributed by atoms with E-state index in [2.05, 4.69) is 6.92 Å². The van der Waals surface area contributed by atoms with Gasteiger partial charge in [-0.1, -0.05) is 25.5 Å². The molecule has 0 bridgehead atoms. The van der Waals surface area contributed by atoms with Crippen molar-refractivity contribution >= 4 is 0 Å². The quantitative estimate of drug-likeness (QED) is 0.490. The Hall–Kier alpha value is -0.460. The molecular weight excluding hydrogens is 296 g/mol. The summed E-state index contributed by atoms with van der Waals surface area (Å²) in [5, 5.41) is 41.3. The minimum Gasteiger partial charge on any atom is -0.392 e. The molecule has 0 aromatic rings. The molecule has 0 radical (unpaired) electrons. The Kier molecular flexibility index (Phi) is 3.50. The summed E-state index contributed by atoms with van der Waals surface area (Å²) < 4.78 is 6.24. The summed E-state index contributed by atoms with van der Waals surface area (Å²) in [4.78, 5) is 0. The number of aliphatic hydroxyl groups excluding tert-OH is 4. The minimum absolute atomic E-state index is 0.0616. The fourth-order valence-electron chi connectivity index (χ4n) is 5.88. The average molecular weight is 324 g/mol. The highest BCUT2D eigenvalue weighted by Crippen LogP contribution is 2.60. The topological polar surface area (TPSA) is 90.2 Å². The molecule has 0 spiro atoms. The zero-order valence-electron chi connectivity index (χ0n) is 13.9. The first-order chi connectivity index (χ1) is 10.8. The van der Waals surface area contributed by atoms with E-state index in [0.717, 1.165) is 18.4 Å². The Labute approximate surface area is 137 Å². The van der Waals surface area contributed by atoms with Gasteiger partial charge in [0, 0.05) is 16.7 Å². The van der Waals surface area contributed by atoms with Crippen LogP contribution in [0.4, 0.5) is 0 Å². The second-order valence-corrected chi connectivity index (χ2v) is 8.66. The first kappa shape index (κ1) is 16.0. The van der Waals surface area contributed by atoms with E-state index in [-0.39, 0.29) is 23.4 Å². The lowest BCUT2D eigenvalue weighted by Gasteiger charge is -2.58. The van der Waals surface area contributed by atoms with Crippen LogP contribution < -0.4 is 0 Å². The van der Waals surface area contributed by atoms with Crippen molar-refractivity contribution in [3.63, 3.8) is 0 Å². The van der Waals surface area contributed by atoms with E-state index in [1.807, 2.05) is 13.0 Å². The van der Waals surface area contributed by atoms with E-state index in [1.165, 1.54) is 0 Å². The highest BCUT2D eigenvalue weighted by atomic mass is 16.5. The van der Waals surface area contributed by atoms with Gasteiger partial charge in [-0.15, -0.1) is 0 Å². The summed E-state index contributed by atoms with van der Waals surface area (Å²) in [6.45, 7) is 4.56. The molecule has 3 fully saturated rings. The lowest BCUT2D eigenvalue weighted by atomic mass is 9.53. The number of rotatable bonds is 0. The predicted molar refractivity (Wildman–Crippen MR) is 83.5 cm³/mol. The minimum atomic E-state index is -0.793. The smallest absolute Gasteiger partial charge is 0.0877 e. The number of fused-ring (bicyclic) bond motifs is 5. The van der Waals surface area contributed by atoms with E-state index in [0.29, 0.717) is 19.4 Å². The maximum absolute atomic E-state index is 10.8. The summed E-state index contributed by atoms with van der Waals surface area (Å²) in [6, 6.07) is 0. The van der Waals surface area contributed by atoms with Crippen molar-refractivity contribution in [1.29, 1.82) is 0 Å². The third kappa shape index (κ3) is 2.04. The summed E-state index contributed by atoms with van der Waals surface area (Å²) in [5.74, 6) is -0.00980. The summed E-state index contributed by atoms with van der Waals surface area (Å²) >= 11 is 0. The molecular formula is C18H28O5. The highest BCUT2D eigenvalue weighted by Gasteiger charge is 2.64. The van der Waals surface area contributed by atoms with Gasteiger partial charge < -0.3 is 25.2 Å². The molecule has 5 nitrogen and oxygen atoms in total. The van der Waals surface area contributed by atoms with Crippen LogP contribution in [0.15, 0.2) is 11.6 Å². The molecule has 9 atom stereocenters. The van der Waals surface area contributed by atoms with E-state index >= 15 is 0 Å². The highest BCUT2D eigenvalue weighted by molar-refractivity contribution is 5.28. The van der Waals surface area contributed by atoms with Crippen molar-refractivity contribution in [2.75, 3.05) is 6.61 Å². The Morgan fingerprint density at radius 3 is 2.61 bits per heavy atom. The van der Waals surface area contributed by atoms with Crippen molar-refractivity contribution in [2.24, 2.45) is 22.7 Å². The first-order valence-corrected chi connectivity index (χ1v) is 8.82. The largest absolute Gasteiger partial charge is 0.392 e. The second-order valence-electron chi connectivity index (χ2n) is 8.66. The van der Waals surface area contributed by atoms with Gasteiger partial charge in [0.2, 0.25) is 0 Å². The lowest BCUT2D eigenvalue weighted by Crippen LogP contribution is -2.61. The van der Waals surface area contributed by atoms with Crippen molar-refractivity contribution in [1.82, 2.24) is 0 Å². The first-order valence-electron chi connectivity index (χ1n) is 8.82. The van der Waals surface area contributed by atoms with Gasteiger partial charge in [-0.25, -0.2) is 0 Å². The normalized spacial score (nSPS) is 58.9. The fraction of sp³-hybridized carbons (Fsp3) is 0.889. The van der Waals surface area contributed by atoms with Crippen LogP contribution >= 0.6 is 0 Å². The van der Waals surface area contributed by atoms with Crippen LogP contribution in [0.25, 0.3) is 0 Å². The zero-order chi connectivity index (χ0) is 16.6. The molecule has 1 heterocycles. The predicted octanol–water partition coefficient (Wildman–Crippen LogP) is 0.601. The van der Waals surface area contributed by atoms with E-state index in [1.54, 1.807) is 0 Å². The van der Waals surface area contributed by atoms with Crippen molar-refractivity contribution in [3.8, 4) is 0 Å². The van der Waals surface area contributed by atoms with Gasteiger partial charge in [0.25, 0.3) is 0 Å². The Balaban J connectivity index is 1.73. The van der Waals surface area contributed by atoms with Crippen molar-refractivity contribution in [3.05, 3.63) is 11.6 Å². The molecule has 130 valence electrons. The van der Waals surface area contributed by atoms with E-state index in [4.69, 9.17) is 4.74 Å². The number of hydrogen-bond donors (Lipinski definition) is 4.